The van der Waals surface area contributed by atoms with Crippen LogP contribution in [-0.2, 0) is 11.2 Å². The molecule has 2 amide bonds. The van der Waals surface area contributed by atoms with E-state index in [1.807, 2.05) is 30.9 Å². The van der Waals surface area contributed by atoms with Crippen LogP contribution >= 0.6 is 0 Å². The second-order valence-corrected chi connectivity index (χ2v) is 9.10. The smallest absolute Gasteiger partial charge is 0.294 e. The number of fused-ring (bicyclic) bond motifs is 1. The highest BCUT2D eigenvalue weighted by Gasteiger charge is 2.28. The summed E-state index contributed by atoms with van der Waals surface area (Å²) in [5.74, 6) is -0.991. The van der Waals surface area contributed by atoms with Gasteiger partial charge in [0.05, 0.1) is 5.56 Å². The lowest BCUT2D eigenvalue weighted by Gasteiger charge is -2.32. The van der Waals surface area contributed by atoms with Gasteiger partial charge in [0.25, 0.3) is 11.8 Å². The Labute approximate surface area is 198 Å². The van der Waals surface area contributed by atoms with Crippen LogP contribution in [0.15, 0.2) is 42.5 Å². The Bertz CT molecular complexity index is 1220. The molecule has 0 atom stereocenters. The van der Waals surface area contributed by atoms with Crippen LogP contribution in [-0.4, -0.2) is 59.1 Å². The number of halogens is 1. The van der Waals surface area contributed by atoms with Crippen molar-refractivity contribution in [2.75, 3.05) is 26.7 Å². The predicted molar refractivity (Wildman–Crippen MR) is 129 cm³/mol. The fourth-order valence-electron chi connectivity index (χ4n) is 4.64. The van der Waals surface area contributed by atoms with E-state index in [9.17, 15) is 18.8 Å². The molecular weight excluding hydrogens is 433 g/mol. The van der Waals surface area contributed by atoms with Crippen molar-refractivity contribution in [3.63, 3.8) is 0 Å². The van der Waals surface area contributed by atoms with Crippen molar-refractivity contribution in [3.05, 3.63) is 70.7 Å². The highest BCUT2D eigenvalue weighted by molar-refractivity contribution is 6.43. The van der Waals surface area contributed by atoms with E-state index in [-0.39, 0.29) is 17.3 Å². The van der Waals surface area contributed by atoms with Gasteiger partial charge >= 0.3 is 0 Å². The standard InChI is InChI=1S/C27H30FN3O3/c1-4-30(3)27(34)25(32)20-7-10-23-22(16-20)24(17(2)29-23)26(33)31-13-11-19(12-14-31)15-18-5-8-21(28)9-6-18/h5-10,16,19,29H,4,11-15H2,1-3H3. The fraction of sp³-hybridized carbons (Fsp3) is 0.370. The van der Waals surface area contributed by atoms with Crippen molar-refractivity contribution >= 4 is 28.5 Å². The van der Waals surface area contributed by atoms with Crippen LogP contribution in [0.25, 0.3) is 10.9 Å². The van der Waals surface area contributed by atoms with Gasteiger partial charge in [0, 0.05) is 48.8 Å². The second kappa shape index (κ2) is 9.79. The molecule has 4 rings (SSSR count). The number of hydrogen-bond donors (Lipinski definition) is 1. The molecule has 0 aliphatic carbocycles. The maximum absolute atomic E-state index is 13.5. The number of hydrogen-bond acceptors (Lipinski definition) is 3. The van der Waals surface area contributed by atoms with Crippen molar-refractivity contribution in [2.24, 2.45) is 5.92 Å². The van der Waals surface area contributed by atoms with Crippen LogP contribution in [0.5, 0.6) is 0 Å². The van der Waals surface area contributed by atoms with Gasteiger partial charge in [-0.25, -0.2) is 4.39 Å². The van der Waals surface area contributed by atoms with Gasteiger partial charge in [-0.2, -0.15) is 0 Å². The maximum Gasteiger partial charge on any atom is 0.294 e. The quantitative estimate of drug-likeness (QED) is 0.436. The topological polar surface area (TPSA) is 73.5 Å². The van der Waals surface area contributed by atoms with Crippen LogP contribution in [0.2, 0.25) is 0 Å². The van der Waals surface area contributed by atoms with Gasteiger partial charge in [-0.05, 0) is 74.9 Å². The van der Waals surface area contributed by atoms with Gasteiger partial charge in [-0.15, -0.1) is 0 Å². The number of piperidine rings is 1. The molecule has 2 aromatic carbocycles. The van der Waals surface area contributed by atoms with E-state index in [1.165, 1.54) is 17.0 Å². The molecule has 0 spiro atoms. The summed E-state index contributed by atoms with van der Waals surface area (Å²) in [5.41, 5.74) is 3.45. The number of nitrogens with one attached hydrogen (secondary N) is 1. The van der Waals surface area contributed by atoms with Gasteiger partial charge in [-0.3, -0.25) is 14.4 Å². The summed E-state index contributed by atoms with van der Waals surface area (Å²) in [6.07, 6.45) is 2.64. The van der Waals surface area contributed by atoms with Crippen LogP contribution in [0, 0.1) is 18.7 Å². The second-order valence-electron chi connectivity index (χ2n) is 9.10. The van der Waals surface area contributed by atoms with Crippen LogP contribution in [0.4, 0.5) is 4.39 Å². The SMILES string of the molecule is CCN(C)C(=O)C(=O)c1ccc2[nH]c(C)c(C(=O)N3CCC(Cc4ccc(F)cc4)CC3)c2c1. The average Bonchev–Trinajstić information content (AvgIpc) is 3.18. The zero-order valence-corrected chi connectivity index (χ0v) is 19.9. The molecule has 0 saturated carbocycles. The third-order valence-electron chi connectivity index (χ3n) is 6.82. The Morgan fingerprint density at radius 3 is 2.41 bits per heavy atom. The van der Waals surface area contributed by atoms with E-state index in [0.717, 1.165) is 36.0 Å². The Balaban J connectivity index is 1.50. The number of amides is 2. The number of carbonyl (C=O) groups is 3. The molecule has 6 nitrogen and oxygen atoms in total. The molecule has 0 unspecified atom stereocenters. The molecular formula is C27H30FN3O3. The number of carbonyl (C=O) groups excluding carboxylic acids is 3. The first-order chi connectivity index (χ1) is 16.3. The molecule has 1 aromatic heterocycles. The number of H-pyrrole nitrogens is 1. The highest BCUT2D eigenvalue weighted by atomic mass is 19.1. The molecule has 1 N–H and O–H groups in total. The van der Waals surface area contributed by atoms with Gasteiger partial charge < -0.3 is 14.8 Å². The number of aromatic nitrogens is 1. The van der Waals surface area contributed by atoms with Gasteiger partial charge in [0.2, 0.25) is 5.78 Å². The number of likely N-dealkylation sites (N-methyl/N-ethyl adjacent to an activating group) is 1. The number of benzene rings is 2. The Kier molecular flexibility index (Phi) is 6.82. The third-order valence-corrected chi connectivity index (χ3v) is 6.82. The summed E-state index contributed by atoms with van der Waals surface area (Å²) in [6.45, 7) is 5.40. The summed E-state index contributed by atoms with van der Waals surface area (Å²) in [4.78, 5) is 44.9. The van der Waals surface area contributed by atoms with E-state index >= 15 is 0 Å². The van der Waals surface area contributed by atoms with Crippen LogP contribution in [0.3, 0.4) is 0 Å². The number of ketones is 1. The Morgan fingerprint density at radius 2 is 1.76 bits per heavy atom. The minimum absolute atomic E-state index is 0.0643. The number of likely N-dealkylation sites (tertiary alicyclic amines) is 1. The first kappa shape index (κ1) is 23.7. The van der Waals surface area contributed by atoms with Crippen molar-refractivity contribution in [1.29, 1.82) is 0 Å². The summed E-state index contributed by atoms with van der Waals surface area (Å²) in [7, 11) is 1.59. The third kappa shape index (κ3) is 4.74. The van der Waals surface area contributed by atoms with E-state index in [0.29, 0.717) is 36.5 Å². The van der Waals surface area contributed by atoms with Gasteiger partial charge in [-0.1, -0.05) is 12.1 Å². The minimum atomic E-state index is -0.579. The molecule has 0 radical (unpaired) electrons. The molecule has 1 saturated heterocycles. The van der Waals surface area contributed by atoms with Gasteiger partial charge in [0.15, 0.2) is 0 Å². The van der Waals surface area contributed by atoms with E-state index in [1.54, 1.807) is 25.2 Å². The van der Waals surface area contributed by atoms with Crippen molar-refractivity contribution < 1.29 is 18.8 Å². The molecule has 3 aromatic rings. The van der Waals surface area contributed by atoms with E-state index in [2.05, 4.69) is 4.98 Å². The normalized spacial score (nSPS) is 14.4. The first-order valence-corrected chi connectivity index (χ1v) is 11.7. The zero-order valence-electron chi connectivity index (χ0n) is 19.9. The summed E-state index contributed by atoms with van der Waals surface area (Å²) >= 11 is 0. The average molecular weight is 464 g/mol. The zero-order chi connectivity index (χ0) is 24.4. The summed E-state index contributed by atoms with van der Waals surface area (Å²) in [6, 6.07) is 11.6. The molecule has 1 aliphatic heterocycles. The van der Waals surface area contributed by atoms with Crippen LogP contribution < -0.4 is 0 Å². The summed E-state index contributed by atoms with van der Waals surface area (Å²) < 4.78 is 13.2. The van der Waals surface area contributed by atoms with Gasteiger partial charge in [0.1, 0.15) is 5.82 Å². The molecule has 7 heteroatoms. The number of aryl methyl sites for hydroxylation is 1. The lowest BCUT2D eigenvalue weighted by atomic mass is 9.90. The maximum atomic E-state index is 13.5. The number of rotatable bonds is 6. The lowest BCUT2D eigenvalue weighted by Crippen LogP contribution is -2.39. The van der Waals surface area contributed by atoms with Crippen molar-refractivity contribution in [1.82, 2.24) is 14.8 Å². The molecule has 1 aliphatic rings. The summed E-state index contributed by atoms with van der Waals surface area (Å²) in [5, 5.41) is 0.661. The largest absolute Gasteiger partial charge is 0.358 e. The van der Waals surface area contributed by atoms with E-state index < -0.39 is 11.7 Å². The molecule has 0 bridgehead atoms. The molecule has 34 heavy (non-hydrogen) atoms. The number of Topliss-reactive ketones (excluding diaryl/α,β-unsaturated/α-hetero) is 1. The molecule has 2 heterocycles. The number of aromatic amines is 1. The van der Waals surface area contributed by atoms with Crippen molar-refractivity contribution in [2.45, 2.75) is 33.1 Å². The fourth-order valence-corrected chi connectivity index (χ4v) is 4.64. The highest BCUT2D eigenvalue weighted by Crippen LogP contribution is 2.28. The monoisotopic (exact) mass is 463 g/mol. The number of nitrogens with zero attached hydrogens (tertiary/aromatic N) is 2. The predicted octanol–water partition coefficient (Wildman–Crippen LogP) is 4.37. The van der Waals surface area contributed by atoms with Crippen LogP contribution in [0.1, 0.15) is 51.7 Å². The molecule has 178 valence electrons. The van der Waals surface area contributed by atoms with E-state index in [4.69, 9.17) is 0 Å². The Hall–Kier alpha value is -3.48. The molecule has 1 fully saturated rings. The first-order valence-electron chi connectivity index (χ1n) is 11.7. The van der Waals surface area contributed by atoms with Crippen molar-refractivity contribution in [3.8, 4) is 0 Å². The minimum Gasteiger partial charge on any atom is -0.358 e. The Morgan fingerprint density at radius 1 is 1.09 bits per heavy atom. The lowest BCUT2D eigenvalue weighted by molar-refractivity contribution is -0.125.